The topological polar surface area (TPSA) is 18.5 Å². The highest BCUT2D eigenvalue weighted by Crippen LogP contribution is 2.64. The molecule has 8 aromatic carbocycles. The van der Waals surface area contributed by atoms with Crippen LogP contribution >= 0.6 is 0 Å². The van der Waals surface area contributed by atoms with Gasteiger partial charge in [0.2, 0.25) is 0 Å². The van der Waals surface area contributed by atoms with Gasteiger partial charge in [0, 0.05) is 10.8 Å². The van der Waals surface area contributed by atoms with E-state index < -0.39 is 0 Å². The first-order valence-corrected chi connectivity index (χ1v) is 19.0. The Morgan fingerprint density at radius 2 is 0.661 bits per heavy atom. The van der Waals surface area contributed by atoms with E-state index in [4.69, 9.17) is 22.3 Å². The number of hydrogen-bond acceptors (Lipinski definition) is 2. The molecule has 8 aromatic rings. The van der Waals surface area contributed by atoms with Crippen molar-refractivity contribution in [1.82, 2.24) is 0 Å². The van der Waals surface area contributed by atoms with Crippen LogP contribution < -0.4 is 9.47 Å². The summed E-state index contributed by atoms with van der Waals surface area (Å²) in [5.41, 5.74) is 11.0. The smallest absolute Gasteiger partial charge is 0.148 e. The van der Waals surface area contributed by atoms with Crippen LogP contribution in [0.2, 0.25) is 0 Å². The Kier molecular flexibility index (Phi) is 9.89. The van der Waals surface area contributed by atoms with E-state index in [0.717, 1.165) is 11.5 Å². The number of rotatable bonds is 5. The third-order valence-corrected chi connectivity index (χ3v) is 11.5. The Hall–Kier alpha value is -7.00. The molecule has 0 heterocycles. The molecule has 0 aliphatic heterocycles. The molecule has 10 rings (SSSR count). The van der Waals surface area contributed by atoms with Gasteiger partial charge in [-0.1, -0.05) is 183 Å². The molecule has 0 fully saturated rings. The fourth-order valence-corrected chi connectivity index (χ4v) is 8.75. The fourth-order valence-electron chi connectivity index (χ4n) is 8.75. The first kappa shape index (κ1) is 36.0. The summed E-state index contributed by atoms with van der Waals surface area (Å²) in [7, 11) is 0. The van der Waals surface area contributed by atoms with Crippen LogP contribution in [0, 0.1) is 24.7 Å². The van der Waals surface area contributed by atoms with E-state index in [-0.39, 0.29) is 10.8 Å². The molecule has 0 unspecified atom stereocenters. The first-order chi connectivity index (χ1) is 27.5. The minimum absolute atomic E-state index is 0.136. The maximum Gasteiger partial charge on any atom is 0.148 e. The third kappa shape index (κ3) is 6.26. The van der Waals surface area contributed by atoms with Gasteiger partial charge in [-0.25, -0.2) is 0 Å². The van der Waals surface area contributed by atoms with Crippen LogP contribution in [0.3, 0.4) is 0 Å². The van der Waals surface area contributed by atoms with Crippen LogP contribution in [-0.4, -0.2) is 13.2 Å². The van der Waals surface area contributed by atoms with Crippen LogP contribution in [0.4, 0.5) is 0 Å². The summed E-state index contributed by atoms with van der Waals surface area (Å²) in [4.78, 5) is 0. The summed E-state index contributed by atoms with van der Waals surface area (Å²) in [5, 5.41) is 4.75. The van der Waals surface area contributed by atoms with Gasteiger partial charge in [0.25, 0.3) is 0 Å². The zero-order valence-electron chi connectivity index (χ0n) is 31.7. The second-order valence-corrected chi connectivity index (χ2v) is 14.4. The lowest BCUT2D eigenvalue weighted by Gasteiger charge is -2.45. The highest BCUT2D eigenvalue weighted by molar-refractivity contribution is 5.89. The fraction of sp³-hybridized carbons (Fsp3) is 0.111. The molecular weight excluding hydrogens is 681 g/mol. The summed E-state index contributed by atoms with van der Waals surface area (Å²) in [5.74, 6) is 6.53. The summed E-state index contributed by atoms with van der Waals surface area (Å²) in [6.45, 7) is 5.55. The van der Waals surface area contributed by atoms with E-state index in [1.165, 1.54) is 66.1 Å². The quantitative estimate of drug-likeness (QED) is 0.165. The van der Waals surface area contributed by atoms with Crippen molar-refractivity contribution < 1.29 is 9.47 Å². The van der Waals surface area contributed by atoms with Crippen molar-refractivity contribution >= 4 is 21.5 Å². The van der Waals surface area contributed by atoms with Crippen molar-refractivity contribution in [3.63, 3.8) is 0 Å². The zero-order valence-corrected chi connectivity index (χ0v) is 31.7. The van der Waals surface area contributed by atoms with Gasteiger partial charge in [-0.2, -0.15) is 0 Å². The molecule has 0 amide bonds. The molecule has 2 aliphatic rings. The van der Waals surface area contributed by atoms with Crippen LogP contribution in [0.25, 0.3) is 43.8 Å². The summed E-state index contributed by atoms with van der Waals surface area (Å²) in [6, 6.07) is 64.1. The number of ether oxygens (including phenoxy) is 2. The number of fused-ring (bicyclic) bond motifs is 8. The normalized spacial score (nSPS) is 13.2. The van der Waals surface area contributed by atoms with E-state index in [2.05, 4.69) is 147 Å². The maximum absolute atomic E-state index is 5.33. The van der Waals surface area contributed by atoms with Crippen molar-refractivity contribution in [3.8, 4) is 58.4 Å². The van der Waals surface area contributed by atoms with Crippen molar-refractivity contribution in [2.24, 2.45) is 0 Å². The van der Waals surface area contributed by atoms with Crippen molar-refractivity contribution in [1.29, 1.82) is 0 Å². The van der Waals surface area contributed by atoms with Crippen LogP contribution in [-0.2, 0) is 10.8 Å². The monoisotopic (exact) mass is 722 g/mol. The molecular formula is C54H42O2. The molecule has 0 aromatic heterocycles. The summed E-state index contributed by atoms with van der Waals surface area (Å²) < 4.78 is 10.7. The average molecular weight is 723 g/mol. The highest BCUT2D eigenvalue weighted by atomic mass is 16.5. The molecule has 2 nitrogen and oxygen atoms in total. The van der Waals surface area contributed by atoms with Gasteiger partial charge < -0.3 is 9.47 Å². The lowest BCUT2D eigenvalue weighted by atomic mass is 9.56. The Morgan fingerprint density at radius 3 is 0.982 bits per heavy atom. The van der Waals surface area contributed by atoms with Crippen molar-refractivity contribution in [2.45, 2.75) is 24.7 Å². The van der Waals surface area contributed by atoms with Crippen LogP contribution in [0.1, 0.15) is 36.1 Å². The van der Waals surface area contributed by atoms with Gasteiger partial charge in [-0.3, -0.25) is 0 Å². The molecule has 0 saturated heterocycles. The Morgan fingerprint density at radius 1 is 0.375 bits per heavy atom. The molecule has 270 valence electrons. The maximum atomic E-state index is 5.33. The van der Waals surface area contributed by atoms with E-state index in [1.807, 2.05) is 60.7 Å². The summed E-state index contributed by atoms with van der Waals surface area (Å²) in [6.07, 6.45) is 10.2. The number of hydrogen-bond donors (Lipinski definition) is 0. The van der Waals surface area contributed by atoms with Crippen LogP contribution in [0.15, 0.2) is 182 Å². The van der Waals surface area contributed by atoms with Gasteiger partial charge in [0.15, 0.2) is 0 Å². The van der Waals surface area contributed by atoms with Gasteiger partial charge in [0.05, 0.1) is 0 Å². The number of terminal acetylenes is 2. The highest BCUT2D eigenvalue weighted by Gasteiger charge is 2.57. The second kappa shape index (κ2) is 15.4. The minimum atomic E-state index is -0.136. The second-order valence-electron chi connectivity index (χ2n) is 14.4. The van der Waals surface area contributed by atoms with Crippen LogP contribution in [0.5, 0.6) is 11.5 Å². The standard InChI is InChI=1S/C28H22.2C13H10O/c1-27(23-15-7-3-11-19(23)20-12-4-8-16-24(20)27)28(2)25-17-9-5-13-21(25)22-14-6-10-18-26(22)28;2*1-2-9-14-13-8-7-11-5-3-4-6-12(11)10-13/h3-18H,1-2H3;2*1,3-8,10H,9H2. The predicted molar refractivity (Wildman–Crippen MR) is 233 cm³/mol. The molecule has 2 aliphatic carbocycles. The molecule has 0 spiro atoms. The SMILES string of the molecule is C#CCOc1ccc2ccccc2c1.C#CCOc1ccc2ccccc2c1.CC1(C2(C)c3ccccc3-c3ccccc32)c2ccccc2-c2ccccc21. The molecule has 56 heavy (non-hydrogen) atoms. The third-order valence-electron chi connectivity index (χ3n) is 11.5. The Labute approximate surface area is 330 Å². The Bertz CT molecular complexity index is 2490. The Balaban J connectivity index is 0.000000132. The van der Waals surface area contributed by atoms with Gasteiger partial charge in [-0.05, 0) is 90.3 Å². The van der Waals surface area contributed by atoms with Gasteiger partial charge >= 0.3 is 0 Å². The lowest BCUT2D eigenvalue weighted by molar-refractivity contribution is 0.371. The van der Waals surface area contributed by atoms with Gasteiger partial charge in [0.1, 0.15) is 24.7 Å². The summed E-state index contributed by atoms with van der Waals surface area (Å²) >= 11 is 0. The van der Waals surface area contributed by atoms with E-state index in [9.17, 15) is 0 Å². The first-order valence-electron chi connectivity index (χ1n) is 19.0. The predicted octanol–water partition coefficient (Wildman–Crippen LogP) is 12.7. The van der Waals surface area contributed by atoms with E-state index >= 15 is 0 Å². The molecule has 0 radical (unpaired) electrons. The molecule has 0 N–H and O–H groups in total. The van der Waals surface area contributed by atoms with Crippen molar-refractivity contribution in [3.05, 3.63) is 204 Å². The molecule has 2 heteroatoms. The van der Waals surface area contributed by atoms with E-state index in [0.29, 0.717) is 13.2 Å². The largest absolute Gasteiger partial charge is 0.481 e. The number of benzene rings is 8. The lowest BCUT2D eigenvalue weighted by Crippen LogP contribution is -2.44. The zero-order chi connectivity index (χ0) is 38.5. The van der Waals surface area contributed by atoms with Crippen molar-refractivity contribution in [2.75, 3.05) is 13.2 Å². The molecule has 0 saturated carbocycles. The molecule has 0 bridgehead atoms. The van der Waals surface area contributed by atoms with E-state index in [1.54, 1.807) is 0 Å². The molecule has 0 atom stereocenters. The minimum Gasteiger partial charge on any atom is -0.481 e. The van der Waals surface area contributed by atoms with Gasteiger partial charge in [-0.15, -0.1) is 12.8 Å². The average Bonchev–Trinajstić information content (AvgIpc) is 3.69.